The second-order valence-electron chi connectivity index (χ2n) is 20.2. The maximum atomic E-state index is 10.6. The zero-order chi connectivity index (χ0) is 46.9. The Morgan fingerprint density at radius 1 is 0.246 bits per heavy atom. The first-order valence-electron chi connectivity index (χ1n) is 28.8. The second-order valence-corrected chi connectivity index (χ2v) is 20.2. The van der Waals surface area contributed by atoms with Crippen molar-refractivity contribution in [3.63, 3.8) is 0 Å². The lowest BCUT2D eigenvalue weighted by molar-refractivity contribution is -0.108. The predicted molar refractivity (Wildman–Crippen MR) is 281 cm³/mol. The van der Waals surface area contributed by atoms with Crippen molar-refractivity contribution in [2.24, 2.45) is 5.73 Å². The normalized spacial score (nSPS) is 11.4. The summed E-state index contributed by atoms with van der Waals surface area (Å²) in [5, 5.41) is 0. The molecule has 0 amide bonds. The molecule has 5 heteroatoms. The van der Waals surface area contributed by atoms with E-state index in [1.165, 1.54) is 262 Å². The summed E-state index contributed by atoms with van der Waals surface area (Å²) in [5.41, 5.74) is 16.6. The standard InChI is InChI=1S/C60H107NO4/c1-55-56(46-38-30-22-14-6-2-10-18-26-34-42-50-62)58(48-40-32-24-16-8-4-12-20-28-36-44-52-64)59(49-41-33-25-17-9-5-13-21-29-37-45-53-65)60(54-61)57(55)47-39-31-23-15-7-3-11-19-27-35-43-51-63/h50-53H,2-49,54,61H2,1H3. The van der Waals surface area contributed by atoms with Gasteiger partial charge in [0.15, 0.2) is 0 Å². The zero-order valence-corrected chi connectivity index (χ0v) is 43.2. The molecule has 0 bridgehead atoms. The van der Waals surface area contributed by atoms with Crippen molar-refractivity contribution >= 4 is 25.1 Å². The van der Waals surface area contributed by atoms with Crippen LogP contribution in [0.2, 0.25) is 0 Å². The lowest BCUT2D eigenvalue weighted by Crippen LogP contribution is -2.15. The molecule has 0 fully saturated rings. The molecular weight excluding hydrogens is 799 g/mol. The summed E-state index contributed by atoms with van der Waals surface area (Å²) < 4.78 is 0. The van der Waals surface area contributed by atoms with Gasteiger partial charge in [0.25, 0.3) is 0 Å². The van der Waals surface area contributed by atoms with Gasteiger partial charge in [-0.15, -0.1) is 0 Å². The molecule has 0 spiro atoms. The molecule has 1 rings (SSSR count). The van der Waals surface area contributed by atoms with E-state index >= 15 is 0 Å². The molecule has 0 unspecified atom stereocenters. The van der Waals surface area contributed by atoms with E-state index in [0.717, 1.165) is 76.5 Å². The van der Waals surface area contributed by atoms with E-state index in [0.29, 0.717) is 6.54 Å². The monoisotopic (exact) mass is 906 g/mol. The number of benzene rings is 1. The van der Waals surface area contributed by atoms with Crippen LogP contribution in [0.4, 0.5) is 0 Å². The highest BCUT2D eigenvalue weighted by atomic mass is 16.1. The maximum absolute atomic E-state index is 10.6. The van der Waals surface area contributed by atoms with Gasteiger partial charge in [0.2, 0.25) is 0 Å². The second kappa shape index (κ2) is 48.3. The van der Waals surface area contributed by atoms with E-state index in [1.54, 1.807) is 27.8 Å². The molecule has 376 valence electrons. The minimum Gasteiger partial charge on any atom is -0.326 e. The molecule has 5 nitrogen and oxygen atoms in total. The van der Waals surface area contributed by atoms with Gasteiger partial charge in [0, 0.05) is 32.2 Å². The summed E-state index contributed by atoms with van der Waals surface area (Å²) in [6.45, 7) is 3.15. The smallest absolute Gasteiger partial charge is 0.119 e. The molecule has 0 saturated heterocycles. The molecule has 2 N–H and O–H groups in total. The van der Waals surface area contributed by atoms with Crippen molar-refractivity contribution in [2.75, 3.05) is 0 Å². The Kier molecular flexibility index (Phi) is 45.3. The van der Waals surface area contributed by atoms with E-state index in [9.17, 15) is 19.2 Å². The summed E-state index contributed by atoms with van der Waals surface area (Å²) >= 11 is 0. The van der Waals surface area contributed by atoms with Crippen molar-refractivity contribution in [2.45, 2.75) is 322 Å². The number of nitrogens with two attached hydrogens (primary N) is 1. The lowest BCUT2D eigenvalue weighted by Gasteiger charge is -2.26. The van der Waals surface area contributed by atoms with Gasteiger partial charge < -0.3 is 24.9 Å². The minimum absolute atomic E-state index is 0.671. The van der Waals surface area contributed by atoms with Crippen molar-refractivity contribution < 1.29 is 19.2 Å². The fourth-order valence-corrected chi connectivity index (χ4v) is 10.5. The van der Waals surface area contributed by atoms with Gasteiger partial charge in [0.1, 0.15) is 25.1 Å². The SMILES string of the molecule is Cc1c(CCCCCCCCCCCCC=O)c(CN)c(CCCCCCCCCCCCC=O)c(CCCCCCCCCCCCC=O)c1CCCCCCCCCCCCC=O. The van der Waals surface area contributed by atoms with Gasteiger partial charge in [-0.1, -0.05) is 205 Å². The molecular formula is C60H107NO4. The highest BCUT2D eigenvalue weighted by Gasteiger charge is 2.20. The predicted octanol–water partition coefficient (Wildman–Crippen LogP) is 17.6. The van der Waals surface area contributed by atoms with Gasteiger partial charge in [-0.05, 0) is 117 Å². The highest BCUT2D eigenvalue weighted by molar-refractivity contribution is 5.52. The Bertz CT molecular complexity index is 1240. The zero-order valence-electron chi connectivity index (χ0n) is 43.2. The Morgan fingerprint density at radius 2 is 0.415 bits per heavy atom. The third-order valence-electron chi connectivity index (χ3n) is 14.6. The Labute approximate surface area is 403 Å². The fraction of sp³-hybridized carbons (Fsp3) is 0.833. The van der Waals surface area contributed by atoms with E-state index in [1.807, 2.05) is 0 Å². The molecule has 0 atom stereocenters. The first kappa shape index (κ1) is 60.9. The summed E-state index contributed by atoms with van der Waals surface area (Å²) in [7, 11) is 0. The summed E-state index contributed by atoms with van der Waals surface area (Å²) in [6.07, 6.45) is 63.3. The number of hydrogen-bond donors (Lipinski definition) is 1. The van der Waals surface area contributed by atoms with E-state index < -0.39 is 0 Å². The quantitative estimate of drug-likeness (QED) is 0.0519. The van der Waals surface area contributed by atoms with Crippen LogP contribution in [0.15, 0.2) is 0 Å². The minimum atomic E-state index is 0.671. The van der Waals surface area contributed by atoms with Crippen molar-refractivity contribution in [3.8, 4) is 0 Å². The molecule has 1 aromatic carbocycles. The molecule has 1 aromatic rings. The largest absolute Gasteiger partial charge is 0.326 e. The van der Waals surface area contributed by atoms with Crippen molar-refractivity contribution in [3.05, 3.63) is 33.4 Å². The number of carbonyl (C=O) groups is 4. The van der Waals surface area contributed by atoms with Crippen LogP contribution >= 0.6 is 0 Å². The Hall–Kier alpha value is -2.14. The van der Waals surface area contributed by atoms with Crippen LogP contribution in [0.3, 0.4) is 0 Å². The summed E-state index contributed by atoms with van der Waals surface area (Å²) in [6, 6.07) is 0. The molecule has 0 aliphatic carbocycles. The molecule has 65 heavy (non-hydrogen) atoms. The number of unbranched alkanes of at least 4 members (excludes halogenated alkanes) is 40. The summed E-state index contributed by atoms with van der Waals surface area (Å²) in [5.74, 6) is 0. The van der Waals surface area contributed by atoms with Gasteiger partial charge in [-0.3, -0.25) is 0 Å². The lowest BCUT2D eigenvalue weighted by atomic mass is 9.80. The number of rotatable bonds is 53. The molecule has 0 saturated carbocycles. The van der Waals surface area contributed by atoms with Crippen LogP contribution in [0.5, 0.6) is 0 Å². The van der Waals surface area contributed by atoms with Crippen LogP contribution < -0.4 is 5.73 Å². The van der Waals surface area contributed by atoms with E-state index in [-0.39, 0.29) is 0 Å². The molecule has 0 aliphatic rings. The molecule has 0 radical (unpaired) electrons. The van der Waals surface area contributed by atoms with Gasteiger partial charge in [0.05, 0.1) is 0 Å². The first-order valence-corrected chi connectivity index (χ1v) is 28.8. The van der Waals surface area contributed by atoms with Gasteiger partial charge in [-0.25, -0.2) is 0 Å². The van der Waals surface area contributed by atoms with Crippen LogP contribution in [0.1, 0.15) is 316 Å². The molecule has 0 aliphatic heterocycles. The Morgan fingerprint density at radius 3 is 0.631 bits per heavy atom. The first-order chi connectivity index (χ1) is 32.2. The van der Waals surface area contributed by atoms with Crippen molar-refractivity contribution in [1.82, 2.24) is 0 Å². The molecule has 0 aromatic heterocycles. The number of aldehydes is 4. The fourth-order valence-electron chi connectivity index (χ4n) is 10.5. The topological polar surface area (TPSA) is 94.3 Å². The average Bonchev–Trinajstić information content (AvgIpc) is 3.31. The maximum Gasteiger partial charge on any atom is 0.119 e. The third kappa shape index (κ3) is 34.8. The third-order valence-corrected chi connectivity index (χ3v) is 14.6. The average molecular weight is 907 g/mol. The van der Waals surface area contributed by atoms with Crippen LogP contribution in [0.25, 0.3) is 0 Å². The van der Waals surface area contributed by atoms with Crippen LogP contribution in [0, 0.1) is 6.92 Å². The van der Waals surface area contributed by atoms with Crippen LogP contribution in [-0.4, -0.2) is 25.1 Å². The highest BCUT2D eigenvalue weighted by Crippen LogP contribution is 2.34. The van der Waals surface area contributed by atoms with Gasteiger partial charge in [-0.2, -0.15) is 0 Å². The number of carbonyl (C=O) groups excluding carboxylic acids is 4. The van der Waals surface area contributed by atoms with E-state index in [2.05, 4.69) is 6.92 Å². The van der Waals surface area contributed by atoms with Gasteiger partial charge >= 0.3 is 0 Å². The number of hydrogen-bond acceptors (Lipinski definition) is 5. The van der Waals surface area contributed by atoms with Crippen molar-refractivity contribution in [1.29, 1.82) is 0 Å². The van der Waals surface area contributed by atoms with Crippen LogP contribution in [-0.2, 0) is 51.4 Å². The Balaban J connectivity index is 3.01. The molecule has 0 heterocycles. The summed E-state index contributed by atoms with van der Waals surface area (Å²) in [4.78, 5) is 42.4. The van der Waals surface area contributed by atoms with E-state index in [4.69, 9.17) is 5.73 Å².